The summed E-state index contributed by atoms with van der Waals surface area (Å²) < 4.78 is 43.9. The van der Waals surface area contributed by atoms with E-state index in [1.807, 2.05) is 0 Å². The molecule has 0 aliphatic carbocycles. The SMILES string of the molecule is NC[C@H](O)c1nc(-c2ccc(Br)cc2C(F)(F)F)no1. The van der Waals surface area contributed by atoms with Crippen LogP contribution in [0, 0.1) is 0 Å². The first kappa shape index (κ1) is 14.9. The second-order valence-corrected chi connectivity index (χ2v) is 4.81. The zero-order valence-corrected chi connectivity index (χ0v) is 11.4. The average Bonchev–Trinajstić information content (AvgIpc) is 2.86. The van der Waals surface area contributed by atoms with Crippen molar-refractivity contribution in [2.24, 2.45) is 5.73 Å². The number of hydrogen-bond donors (Lipinski definition) is 2. The molecule has 2 aromatic rings. The Hall–Kier alpha value is -1.45. The van der Waals surface area contributed by atoms with Gasteiger partial charge in [0.05, 0.1) is 5.56 Å². The standard InChI is InChI=1S/C11H9BrF3N3O2/c12-5-1-2-6(7(3-5)11(13,14)15)9-17-10(20-18-9)8(19)4-16/h1-3,8,19H,4,16H2/t8-/m0/s1. The molecule has 1 aromatic carbocycles. The number of alkyl halides is 3. The zero-order valence-electron chi connectivity index (χ0n) is 9.86. The molecular formula is C11H9BrF3N3O2. The van der Waals surface area contributed by atoms with Crippen molar-refractivity contribution in [1.82, 2.24) is 10.1 Å². The fraction of sp³-hybridized carbons (Fsp3) is 0.273. The van der Waals surface area contributed by atoms with Crippen molar-refractivity contribution in [3.8, 4) is 11.4 Å². The molecule has 9 heteroatoms. The van der Waals surface area contributed by atoms with Gasteiger partial charge < -0.3 is 15.4 Å². The molecule has 3 N–H and O–H groups in total. The molecule has 108 valence electrons. The summed E-state index contributed by atoms with van der Waals surface area (Å²) in [6.45, 7) is -0.173. The molecule has 1 atom stereocenters. The molecule has 1 heterocycles. The van der Waals surface area contributed by atoms with Crippen molar-refractivity contribution in [3.05, 3.63) is 34.1 Å². The summed E-state index contributed by atoms with van der Waals surface area (Å²) in [4.78, 5) is 3.73. The maximum Gasteiger partial charge on any atom is 0.417 e. The van der Waals surface area contributed by atoms with Crippen LogP contribution in [0.15, 0.2) is 27.2 Å². The highest BCUT2D eigenvalue weighted by molar-refractivity contribution is 9.10. The third-order valence-electron chi connectivity index (χ3n) is 2.48. The van der Waals surface area contributed by atoms with E-state index in [0.717, 1.165) is 6.07 Å². The molecule has 0 aliphatic heterocycles. The molecule has 1 aromatic heterocycles. The van der Waals surface area contributed by atoms with E-state index in [4.69, 9.17) is 10.3 Å². The van der Waals surface area contributed by atoms with E-state index in [1.54, 1.807) is 0 Å². The smallest absolute Gasteiger partial charge is 0.382 e. The van der Waals surface area contributed by atoms with Crippen LogP contribution < -0.4 is 5.73 Å². The molecule has 2 rings (SSSR count). The molecule has 0 amide bonds. The maximum absolute atomic E-state index is 13.0. The van der Waals surface area contributed by atoms with Gasteiger partial charge in [-0.2, -0.15) is 18.2 Å². The molecule has 20 heavy (non-hydrogen) atoms. The lowest BCUT2D eigenvalue weighted by atomic mass is 10.1. The number of halogens is 4. The van der Waals surface area contributed by atoms with Crippen molar-refractivity contribution >= 4 is 15.9 Å². The third-order valence-corrected chi connectivity index (χ3v) is 2.97. The van der Waals surface area contributed by atoms with Crippen molar-refractivity contribution in [1.29, 1.82) is 0 Å². The summed E-state index contributed by atoms with van der Waals surface area (Å²) in [5.74, 6) is -0.481. The van der Waals surface area contributed by atoms with Crippen LogP contribution in [0.25, 0.3) is 11.4 Å². The van der Waals surface area contributed by atoms with E-state index >= 15 is 0 Å². The van der Waals surface area contributed by atoms with Gasteiger partial charge in [0, 0.05) is 16.6 Å². The molecule has 0 saturated carbocycles. The monoisotopic (exact) mass is 351 g/mol. The molecule has 5 nitrogen and oxygen atoms in total. The summed E-state index contributed by atoms with van der Waals surface area (Å²) in [5, 5.41) is 12.9. The highest BCUT2D eigenvalue weighted by Gasteiger charge is 2.35. The lowest BCUT2D eigenvalue weighted by molar-refractivity contribution is -0.137. The molecule has 0 unspecified atom stereocenters. The van der Waals surface area contributed by atoms with E-state index in [1.165, 1.54) is 12.1 Å². The molecular weight excluding hydrogens is 343 g/mol. The second-order valence-electron chi connectivity index (χ2n) is 3.90. The lowest BCUT2D eigenvalue weighted by Crippen LogP contribution is -2.11. The van der Waals surface area contributed by atoms with E-state index in [9.17, 15) is 18.3 Å². The Labute approximate surface area is 119 Å². The van der Waals surface area contributed by atoms with Crippen LogP contribution in [0.1, 0.15) is 17.6 Å². The number of aliphatic hydroxyl groups excluding tert-OH is 1. The second kappa shape index (κ2) is 5.51. The summed E-state index contributed by atoms with van der Waals surface area (Å²) in [7, 11) is 0. The number of rotatable bonds is 3. The zero-order chi connectivity index (χ0) is 14.9. The van der Waals surface area contributed by atoms with Crippen LogP contribution in [0.2, 0.25) is 0 Å². The highest BCUT2D eigenvalue weighted by Crippen LogP contribution is 2.37. The minimum atomic E-state index is -4.56. The Bertz CT molecular complexity index is 615. The van der Waals surface area contributed by atoms with Gasteiger partial charge in [0.25, 0.3) is 5.89 Å². The van der Waals surface area contributed by atoms with Crippen molar-refractivity contribution in [2.75, 3.05) is 6.54 Å². The van der Waals surface area contributed by atoms with Crippen molar-refractivity contribution < 1.29 is 22.8 Å². The first-order chi connectivity index (χ1) is 9.32. The highest BCUT2D eigenvalue weighted by atomic mass is 79.9. The molecule has 0 bridgehead atoms. The fourth-order valence-electron chi connectivity index (χ4n) is 1.53. The van der Waals surface area contributed by atoms with Gasteiger partial charge in [0.2, 0.25) is 5.82 Å². The Morgan fingerprint density at radius 1 is 1.40 bits per heavy atom. The Balaban J connectivity index is 2.50. The predicted octanol–water partition coefficient (Wildman–Crippen LogP) is 2.51. The summed E-state index contributed by atoms with van der Waals surface area (Å²) in [6, 6.07) is 3.57. The summed E-state index contributed by atoms with van der Waals surface area (Å²) >= 11 is 2.98. The summed E-state index contributed by atoms with van der Waals surface area (Å²) in [6.07, 6.45) is -5.77. The maximum atomic E-state index is 13.0. The first-order valence-electron chi connectivity index (χ1n) is 5.41. The normalized spacial score (nSPS) is 13.5. The van der Waals surface area contributed by atoms with Crippen LogP contribution in [0.3, 0.4) is 0 Å². The van der Waals surface area contributed by atoms with E-state index in [-0.39, 0.29) is 28.3 Å². The van der Waals surface area contributed by atoms with E-state index in [2.05, 4.69) is 26.1 Å². The number of aliphatic hydroxyl groups is 1. The molecule has 0 aliphatic rings. The van der Waals surface area contributed by atoms with Gasteiger partial charge in [-0.05, 0) is 18.2 Å². The third kappa shape index (κ3) is 3.00. The molecule has 0 spiro atoms. The lowest BCUT2D eigenvalue weighted by Gasteiger charge is -2.10. The topological polar surface area (TPSA) is 85.2 Å². The van der Waals surface area contributed by atoms with Gasteiger partial charge in [-0.25, -0.2) is 0 Å². The number of hydrogen-bond acceptors (Lipinski definition) is 5. The Morgan fingerprint density at radius 2 is 2.10 bits per heavy atom. The fourth-order valence-corrected chi connectivity index (χ4v) is 1.89. The van der Waals surface area contributed by atoms with Crippen LogP contribution in [-0.2, 0) is 6.18 Å². The number of benzene rings is 1. The van der Waals surface area contributed by atoms with Gasteiger partial charge >= 0.3 is 6.18 Å². The van der Waals surface area contributed by atoms with Crippen LogP contribution >= 0.6 is 15.9 Å². The number of aromatic nitrogens is 2. The minimum Gasteiger partial charge on any atom is -0.382 e. The Morgan fingerprint density at radius 3 is 2.70 bits per heavy atom. The predicted molar refractivity (Wildman–Crippen MR) is 66.5 cm³/mol. The van der Waals surface area contributed by atoms with Crippen LogP contribution in [0.5, 0.6) is 0 Å². The van der Waals surface area contributed by atoms with Crippen LogP contribution in [0.4, 0.5) is 13.2 Å². The quantitative estimate of drug-likeness (QED) is 0.887. The first-order valence-corrected chi connectivity index (χ1v) is 6.21. The van der Waals surface area contributed by atoms with Gasteiger partial charge in [-0.3, -0.25) is 0 Å². The van der Waals surface area contributed by atoms with Crippen LogP contribution in [-0.4, -0.2) is 21.8 Å². The molecule has 0 radical (unpaired) electrons. The summed E-state index contributed by atoms with van der Waals surface area (Å²) in [5.41, 5.74) is 4.07. The van der Waals surface area contributed by atoms with Gasteiger partial charge in [0.15, 0.2) is 0 Å². The average molecular weight is 352 g/mol. The van der Waals surface area contributed by atoms with Gasteiger partial charge in [-0.15, -0.1) is 0 Å². The van der Waals surface area contributed by atoms with E-state index in [0.29, 0.717) is 0 Å². The van der Waals surface area contributed by atoms with Gasteiger partial charge in [0.1, 0.15) is 6.10 Å². The number of nitrogens with zero attached hydrogens (tertiary/aromatic N) is 2. The Kier molecular flexibility index (Phi) is 4.11. The molecule has 0 fully saturated rings. The van der Waals surface area contributed by atoms with Crippen molar-refractivity contribution in [3.63, 3.8) is 0 Å². The largest absolute Gasteiger partial charge is 0.417 e. The minimum absolute atomic E-state index is 0.173. The van der Waals surface area contributed by atoms with Gasteiger partial charge in [-0.1, -0.05) is 21.1 Å². The number of nitrogens with two attached hydrogens (primary N) is 1. The van der Waals surface area contributed by atoms with Crippen molar-refractivity contribution in [2.45, 2.75) is 12.3 Å². The molecule has 0 saturated heterocycles. The van der Waals surface area contributed by atoms with E-state index < -0.39 is 17.8 Å².